The molecule has 0 unspecified atom stereocenters. The van der Waals surface area contributed by atoms with E-state index >= 15 is 0 Å². The van der Waals surface area contributed by atoms with E-state index in [4.69, 9.17) is 40.2 Å². The number of aromatic nitrogens is 2. The van der Waals surface area contributed by atoms with Crippen molar-refractivity contribution in [3.63, 3.8) is 0 Å². The molecule has 8 heteroatoms. The predicted molar refractivity (Wildman–Crippen MR) is 96.1 cm³/mol. The number of hydrogen-bond donors (Lipinski definition) is 1. The van der Waals surface area contributed by atoms with Crippen LogP contribution in [0.2, 0.25) is 10.0 Å². The topological polar surface area (TPSA) is 64.1 Å². The van der Waals surface area contributed by atoms with Crippen LogP contribution in [-0.4, -0.2) is 22.6 Å². The summed E-state index contributed by atoms with van der Waals surface area (Å²) >= 11 is 17.2. The fraction of sp³-hybridized carbons (Fsp3) is 0.0625. The zero-order valence-corrected chi connectivity index (χ0v) is 14.6. The summed E-state index contributed by atoms with van der Waals surface area (Å²) in [6.07, 6.45) is 0. The number of ether oxygens (including phenoxy) is 1. The number of rotatable bonds is 2. The van der Waals surface area contributed by atoms with Crippen molar-refractivity contribution >= 4 is 52.2 Å². The summed E-state index contributed by atoms with van der Waals surface area (Å²) in [7, 11) is 1.52. The van der Waals surface area contributed by atoms with Crippen molar-refractivity contribution in [2.75, 3.05) is 7.11 Å². The fourth-order valence-electron chi connectivity index (χ4n) is 2.29. The van der Waals surface area contributed by atoms with Gasteiger partial charge in [-0.05, 0) is 48.6 Å². The lowest BCUT2D eigenvalue weighted by Gasteiger charge is -2.09. The van der Waals surface area contributed by atoms with Crippen LogP contribution in [0.5, 0.6) is 5.75 Å². The van der Waals surface area contributed by atoms with E-state index in [2.05, 4.69) is 4.98 Å². The Balaban J connectivity index is 2.24. The van der Waals surface area contributed by atoms with Gasteiger partial charge < -0.3 is 9.72 Å². The predicted octanol–water partition coefficient (Wildman–Crippen LogP) is 4.06. The maximum Gasteiger partial charge on any atom is 0.269 e. The van der Waals surface area contributed by atoms with Gasteiger partial charge >= 0.3 is 0 Å². The zero-order valence-electron chi connectivity index (χ0n) is 12.3. The molecule has 5 nitrogen and oxygen atoms in total. The van der Waals surface area contributed by atoms with Crippen LogP contribution in [-0.2, 0) is 0 Å². The molecule has 0 aliphatic carbocycles. The smallest absolute Gasteiger partial charge is 0.269 e. The number of carbonyl (C=O) groups excluding carboxylic acids is 1. The molecular weight excluding hydrogens is 371 g/mol. The van der Waals surface area contributed by atoms with Gasteiger partial charge in [0.15, 0.2) is 4.77 Å². The quantitative estimate of drug-likeness (QED) is 0.680. The third kappa shape index (κ3) is 2.84. The molecule has 0 aliphatic rings. The maximum atomic E-state index is 12.7. The molecular formula is C16H10Cl2N2O3S. The van der Waals surface area contributed by atoms with Crippen molar-refractivity contribution in [3.8, 4) is 5.75 Å². The molecule has 0 saturated carbocycles. The Morgan fingerprint density at radius 1 is 1.21 bits per heavy atom. The van der Waals surface area contributed by atoms with Gasteiger partial charge in [-0.1, -0.05) is 23.2 Å². The molecule has 1 N–H and O–H groups in total. The molecule has 0 saturated heterocycles. The first-order chi connectivity index (χ1) is 11.4. The second kappa shape index (κ2) is 6.39. The van der Waals surface area contributed by atoms with Crippen LogP contribution < -0.4 is 10.3 Å². The summed E-state index contributed by atoms with van der Waals surface area (Å²) in [5.41, 5.74) is 0.0543. The highest BCUT2D eigenvalue weighted by Crippen LogP contribution is 2.24. The van der Waals surface area contributed by atoms with Crippen molar-refractivity contribution in [2.24, 2.45) is 0 Å². The van der Waals surface area contributed by atoms with Crippen LogP contribution in [0.15, 0.2) is 41.2 Å². The number of halogens is 2. The van der Waals surface area contributed by atoms with Gasteiger partial charge in [0, 0.05) is 10.6 Å². The first-order valence-corrected chi connectivity index (χ1v) is 7.91. The van der Waals surface area contributed by atoms with Crippen LogP contribution in [0, 0.1) is 4.77 Å². The lowest BCUT2D eigenvalue weighted by atomic mass is 10.2. The van der Waals surface area contributed by atoms with Crippen LogP contribution in [0.25, 0.3) is 10.9 Å². The van der Waals surface area contributed by atoms with Crippen LogP contribution >= 0.6 is 35.4 Å². The molecule has 3 aromatic rings. The lowest BCUT2D eigenvalue weighted by molar-refractivity contribution is 0.0953. The van der Waals surface area contributed by atoms with E-state index in [9.17, 15) is 9.59 Å². The number of hydrogen-bond acceptors (Lipinski definition) is 4. The van der Waals surface area contributed by atoms with E-state index < -0.39 is 11.5 Å². The largest absolute Gasteiger partial charge is 0.497 e. The number of methoxy groups -OCH3 is 1. The van der Waals surface area contributed by atoms with E-state index in [1.165, 1.54) is 19.2 Å². The van der Waals surface area contributed by atoms with Crippen LogP contribution in [0.4, 0.5) is 0 Å². The number of aromatic amines is 1. The molecule has 0 spiro atoms. The summed E-state index contributed by atoms with van der Waals surface area (Å²) in [5, 5.41) is 0.728. The van der Waals surface area contributed by atoms with Gasteiger partial charge in [0.2, 0.25) is 0 Å². The Morgan fingerprint density at radius 3 is 2.50 bits per heavy atom. The molecule has 0 fully saturated rings. The monoisotopic (exact) mass is 380 g/mol. The van der Waals surface area contributed by atoms with Gasteiger partial charge in [-0.25, -0.2) is 4.57 Å². The number of carbonyl (C=O) groups is 1. The summed E-state index contributed by atoms with van der Waals surface area (Å²) < 4.78 is 5.89. The van der Waals surface area contributed by atoms with E-state index in [1.807, 2.05) is 0 Å². The molecule has 0 radical (unpaired) electrons. The molecule has 1 aromatic heterocycles. The maximum absolute atomic E-state index is 12.7. The van der Waals surface area contributed by atoms with Crippen molar-refractivity contribution in [3.05, 3.63) is 67.1 Å². The number of H-pyrrole nitrogens is 1. The molecule has 1 heterocycles. The van der Waals surface area contributed by atoms with Gasteiger partial charge in [0.05, 0.1) is 23.0 Å². The normalized spacial score (nSPS) is 10.8. The molecule has 2 aromatic carbocycles. The van der Waals surface area contributed by atoms with Crippen molar-refractivity contribution in [1.82, 2.24) is 9.55 Å². The van der Waals surface area contributed by atoms with Crippen LogP contribution in [0.3, 0.4) is 0 Å². The number of nitrogens with zero attached hydrogens (tertiary/aromatic N) is 1. The average molecular weight is 381 g/mol. The van der Waals surface area contributed by atoms with Gasteiger partial charge in [-0.2, -0.15) is 0 Å². The van der Waals surface area contributed by atoms with E-state index in [0.717, 1.165) is 4.57 Å². The Hall–Kier alpha value is -2.15. The van der Waals surface area contributed by atoms with Gasteiger partial charge in [-0.3, -0.25) is 9.59 Å². The van der Waals surface area contributed by atoms with Crippen molar-refractivity contribution in [2.45, 2.75) is 0 Å². The van der Waals surface area contributed by atoms with Crippen molar-refractivity contribution < 1.29 is 9.53 Å². The molecule has 3 rings (SSSR count). The molecule has 24 heavy (non-hydrogen) atoms. The van der Waals surface area contributed by atoms with E-state index in [1.54, 1.807) is 24.3 Å². The van der Waals surface area contributed by atoms with Gasteiger partial charge in [0.1, 0.15) is 5.75 Å². The van der Waals surface area contributed by atoms with Crippen molar-refractivity contribution in [1.29, 1.82) is 0 Å². The zero-order chi connectivity index (χ0) is 17.4. The van der Waals surface area contributed by atoms with Crippen LogP contribution in [0.1, 0.15) is 10.4 Å². The first kappa shape index (κ1) is 16.7. The highest BCUT2D eigenvalue weighted by molar-refractivity contribution is 7.71. The Labute approximate surface area is 151 Å². The lowest BCUT2D eigenvalue weighted by Crippen LogP contribution is -2.29. The Morgan fingerprint density at radius 2 is 1.88 bits per heavy atom. The minimum absolute atomic E-state index is 0.0439. The summed E-state index contributed by atoms with van der Waals surface area (Å²) in [6, 6.07) is 9.29. The number of nitrogens with one attached hydrogen (secondary N) is 1. The highest BCUT2D eigenvalue weighted by atomic mass is 35.5. The Bertz CT molecular complexity index is 1070. The van der Waals surface area contributed by atoms with E-state index in [-0.39, 0.29) is 15.2 Å². The third-order valence-electron chi connectivity index (χ3n) is 3.46. The summed E-state index contributed by atoms with van der Waals surface area (Å²) in [5.74, 6) is 0.0445. The standard InChI is InChI=1S/C16H10Cl2N2O3S/c1-23-10-4-2-8(3-5-10)14(21)20-15(22)11-6-9(17)7-12(18)13(11)19-16(20)24/h2-7H,1H3,(H,19,24). The molecule has 0 bridgehead atoms. The van der Waals surface area contributed by atoms with Gasteiger partial charge in [0.25, 0.3) is 11.5 Å². The molecule has 0 aliphatic heterocycles. The number of benzene rings is 2. The number of fused-ring (bicyclic) bond motifs is 1. The van der Waals surface area contributed by atoms with Gasteiger partial charge in [-0.15, -0.1) is 0 Å². The van der Waals surface area contributed by atoms with E-state index in [0.29, 0.717) is 21.9 Å². The molecule has 122 valence electrons. The average Bonchev–Trinajstić information content (AvgIpc) is 2.56. The molecule has 0 amide bonds. The second-order valence-corrected chi connectivity index (χ2v) is 6.14. The fourth-order valence-corrected chi connectivity index (χ4v) is 3.10. The summed E-state index contributed by atoms with van der Waals surface area (Å²) in [4.78, 5) is 28.2. The summed E-state index contributed by atoms with van der Waals surface area (Å²) in [6.45, 7) is 0. The molecule has 0 atom stereocenters. The minimum atomic E-state index is -0.584. The SMILES string of the molecule is COc1ccc(C(=O)n2c(=S)[nH]c3c(Cl)cc(Cl)cc3c2=O)cc1. The third-order valence-corrected chi connectivity index (χ3v) is 4.26. The Kier molecular flexibility index (Phi) is 4.45. The second-order valence-electron chi connectivity index (χ2n) is 4.91. The minimum Gasteiger partial charge on any atom is -0.497 e. The first-order valence-electron chi connectivity index (χ1n) is 6.75. The highest BCUT2D eigenvalue weighted by Gasteiger charge is 2.16.